The van der Waals surface area contributed by atoms with Crippen molar-refractivity contribution in [3.05, 3.63) is 61.9 Å². The quantitative estimate of drug-likeness (QED) is 0.657. The maximum Gasteiger partial charge on any atom is 0.338 e. The largest absolute Gasteiger partial charge is 0.466 e. The summed E-state index contributed by atoms with van der Waals surface area (Å²) in [4.78, 5) is 22.0. The van der Waals surface area contributed by atoms with Crippen molar-refractivity contribution in [3.63, 3.8) is 0 Å². The molecule has 152 valence electrons. The van der Waals surface area contributed by atoms with Gasteiger partial charge in [-0.2, -0.15) is 0 Å². The number of ether oxygens (including phenoxy) is 1. The van der Waals surface area contributed by atoms with Gasteiger partial charge in [0.1, 0.15) is 11.9 Å². The molecule has 0 bridgehead atoms. The Bertz CT molecular complexity index is 971. The normalized spacial score (nSPS) is 20.2. The van der Waals surface area contributed by atoms with E-state index >= 15 is 0 Å². The molecule has 1 saturated heterocycles. The molecule has 1 aromatic carbocycles. The summed E-state index contributed by atoms with van der Waals surface area (Å²) in [6.07, 6.45) is 3.47. The molecular formula is C20H20BrFN4O2S. The molecule has 9 heteroatoms. The van der Waals surface area contributed by atoms with Gasteiger partial charge >= 0.3 is 5.97 Å². The standard InChI is InChI=1S/C20H20BrFN4O2S/c1-28-20(27)14-16(11-5-7-23-8-6-11)25-18(19-24-9-10-29-19)26-17(14)12-3-2-4-13(22)15(12)21/h2-4,9-11,17,23H,5-8H2,1H3,(H,25,26). The van der Waals surface area contributed by atoms with Crippen molar-refractivity contribution >= 4 is 39.1 Å². The lowest BCUT2D eigenvalue weighted by Crippen LogP contribution is -2.40. The van der Waals surface area contributed by atoms with Crippen LogP contribution in [0.3, 0.4) is 0 Å². The van der Waals surface area contributed by atoms with Gasteiger partial charge in [-0.3, -0.25) is 4.99 Å². The van der Waals surface area contributed by atoms with Crippen LogP contribution in [-0.2, 0) is 9.53 Å². The molecule has 1 unspecified atom stereocenters. The zero-order valence-corrected chi connectivity index (χ0v) is 18.1. The van der Waals surface area contributed by atoms with Crippen LogP contribution in [-0.4, -0.2) is 37.0 Å². The van der Waals surface area contributed by atoms with Crippen LogP contribution in [0.15, 0.2) is 50.5 Å². The predicted octanol–water partition coefficient (Wildman–Crippen LogP) is 3.56. The molecule has 0 saturated carbocycles. The van der Waals surface area contributed by atoms with Crippen molar-refractivity contribution in [1.29, 1.82) is 0 Å². The summed E-state index contributed by atoms with van der Waals surface area (Å²) >= 11 is 4.79. The summed E-state index contributed by atoms with van der Waals surface area (Å²) in [5, 5.41) is 9.30. The molecule has 6 nitrogen and oxygen atoms in total. The maximum atomic E-state index is 14.3. The fourth-order valence-corrected chi connectivity index (χ4v) is 4.81. The Labute approximate surface area is 180 Å². The van der Waals surface area contributed by atoms with Crippen LogP contribution in [0.25, 0.3) is 0 Å². The number of halogens is 2. The van der Waals surface area contributed by atoms with Crippen molar-refractivity contribution in [3.8, 4) is 0 Å². The number of carbonyl (C=O) groups is 1. The van der Waals surface area contributed by atoms with E-state index < -0.39 is 17.8 Å². The summed E-state index contributed by atoms with van der Waals surface area (Å²) in [6.45, 7) is 1.73. The molecule has 1 fully saturated rings. The molecular weight excluding hydrogens is 459 g/mol. The van der Waals surface area contributed by atoms with Gasteiger partial charge in [0.25, 0.3) is 0 Å². The van der Waals surface area contributed by atoms with E-state index in [0.29, 0.717) is 21.4 Å². The lowest BCUT2D eigenvalue weighted by atomic mass is 9.86. The van der Waals surface area contributed by atoms with Crippen LogP contribution < -0.4 is 10.6 Å². The van der Waals surface area contributed by atoms with Gasteiger partial charge in [-0.05, 0) is 53.5 Å². The number of aromatic nitrogens is 1. The minimum atomic E-state index is -0.697. The van der Waals surface area contributed by atoms with Crippen LogP contribution in [0.4, 0.5) is 4.39 Å². The third-order valence-corrected chi connectivity index (χ3v) is 6.75. The van der Waals surface area contributed by atoms with E-state index in [2.05, 4.69) is 31.5 Å². The molecule has 0 spiro atoms. The monoisotopic (exact) mass is 478 g/mol. The summed E-state index contributed by atoms with van der Waals surface area (Å²) in [6, 6.07) is 4.07. The van der Waals surface area contributed by atoms with Crippen LogP contribution in [0, 0.1) is 11.7 Å². The number of methoxy groups -OCH3 is 1. The number of hydrogen-bond acceptors (Lipinski definition) is 7. The molecule has 0 radical (unpaired) electrons. The van der Waals surface area contributed by atoms with E-state index in [0.717, 1.165) is 36.6 Å². The first-order valence-corrected chi connectivity index (χ1v) is 11.0. The Morgan fingerprint density at radius 1 is 1.34 bits per heavy atom. The third kappa shape index (κ3) is 3.99. The number of rotatable bonds is 4. The SMILES string of the molecule is COC(=O)C1=C(C2CCNCC2)NC(c2nccs2)=NC1c1cccc(F)c1Br. The molecule has 29 heavy (non-hydrogen) atoms. The Balaban J connectivity index is 1.89. The van der Waals surface area contributed by atoms with Gasteiger partial charge in [-0.25, -0.2) is 14.2 Å². The molecule has 4 rings (SSSR count). The highest BCUT2D eigenvalue weighted by molar-refractivity contribution is 9.10. The van der Waals surface area contributed by atoms with Crippen molar-refractivity contribution in [2.24, 2.45) is 10.9 Å². The average Bonchev–Trinajstić information content (AvgIpc) is 3.30. The van der Waals surface area contributed by atoms with E-state index in [1.165, 1.54) is 24.5 Å². The number of piperidine rings is 1. The molecule has 2 aromatic rings. The molecule has 0 aliphatic carbocycles. The Kier molecular flexibility index (Phi) is 6.07. The van der Waals surface area contributed by atoms with Crippen molar-refractivity contribution in [2.75, 3.05) is 20.2 Å². The highest BCUT2D eigenvalue weighted by atomic mass is 79.9. The van der Waals surface area contributed by atoms with Crippen LogP contribution in [0.5, 0.6) is 0 Å². The fourth-order valence-electron chi connectivity index (χ4n) is 3.74. The summed E-state index contributed by atoms with van der Waals surface area (Å²) in [7, 11) is 1.35. The highest BCUT2D eigenvalue weighted by Gasteiger charge is 2.36. The van der Waals surface area contributed by atoms with Crippen molar-refractivity contribution in [1.82, 2.24) is 15.6 Å². The number of amidine groups is 1. The number of hydrogen-bond donors (Lipinski definition) is 2. The lowest BCUT2D eigenvalue weighted by molar-refractivity contribution is -0.136. The average molecular weight is 479 g/mol. The third-order valence-electron chi connectivity index (χ3n) is 5.14. The van der Waals surface area contributed by atoms with Gasteiger partial charge < -0.3 is 15.4 Å². The van der Waals surface area contributed by atoms with Crippen molar-refractivity contribution in [2.45, 2.75) is 18.9 Å². The van der Waals surface area contributed by atoms with Crippen LogP contribution in [0.1, 0.15) is 29.5 Å². The van der Waals surface area contributed by atoms with Gasteiger partial charge in [0.2, 0.25) is 0 Å². The van der Waals surface area contributed by atoms with Crippen molar-refractivity contribution < 1.29 is 13.9 Å². The van der Waals surface area contributed by atoms with Gasteiger partial charge in [0.05, 0.1) is 17.2 Å². The number of nitrogens with zero attached hydrogens (tertiary/aromatic N) is 2. The first kappa shape index (κ1) is 20.2. The van der Waals surface area contributed by atoms with E-state index in [-0.39, 0.29) is 5.92 Å². The first-order valence-electron chi connectivity index (χ1n) is 9.31. The molecule has 2 aliphatic rings. The summed E-state index contributed by atoms with van der Waals surface area (Å²) in [5.74, 6) is -0.137. The Morgan fingerprint density at radius 2 is 2.14 bits per heavy atom. The highest BCUT2D eigenvalue weighted by Crippen LogP contribution is 2.40. The van der Waals surface area contributed by atoms with Crippen LogP contribution >= 0.6 is 27.3 Å². The zero-order chi connectivity index (χ0) is 20.4. The number of carbonyl (C=O) groups excluding carboxylic acids is 1. The minimum Gasteiger partial charge on any atom is -0.466 e. The Morgan fingerprint density at radius 3 is 2.83 bits per heavy atom. The minimum absolute atomic E-state index is 0.144. The molecule has 3 heterocycles. The molecule has 1 aromatic heterocycles. The second-order valence-electron chi connectivity index (χ2n) is 6.83. The molecule has 0 amide bonds. The maximum absolute atomic E-state index is 14.3. The number of thiazole rings is 1. The molecule has 1 atom stereocenters. The molecule has 2 aliphatic heterocycles. The van der Waals surface area contributed by atoms with Gasteiger partial charge in [0.15, 0.2) is 10.8 Å². The number of aliphatic imine (C=N–C) groups is 1. The second kappa shape index (κ2) is 8.73. The Hall–Kier alpha value is -2.10. The fraction of sp³-hybridized carbons (Fsp3) is 0.350. The van der Waals surface area contributed by atoms with E-state index in [4.69, 9.17) is 9.73 Å². The first-order chi connectivity index (χ1) is 14.1. The van der Waals surface area contributed by atoms with Gasteiger partial charge in [-0.1, -0.05) is 12.1 Å². The number of esters is 1. The van der Waals surface area contributed by atoms with Gasteiger partial charge in [-0.15, -0.1) is 11.3 Å². The van der Waals surface area contributed by atoms with E-state index in [9.17, 15) is 9.18 Å². The number of nitrogens with one attached hydrogen (secondary N) is 2. The smallest absolute Gasteiger partial charge is 0.338 e. The summed E-state index contributed by atoms with van der Waals surface area (Å²) < 4.78 is 19.7. The van der Waals surface area contributed by atoms with Crippen LogP contribution in [0.2, 0.25) is 0 Å². The lowest BCUT2D eigenvalue weighted by Gasteiger charge is -2.33. The predicted molar refractivity (Wildman–Crippen MR) is 113 cm³/mol. The summed E-state index contributed by atoms with van der Waals surface area (Å²) in [5.41, 5.74) is 1.79. The van der Waals surface area contributed by atoms with E-state index in [1.54, 1.807) is 18.3 Å². The van der Waals surface area contributed by atoms with E-state index in [1.807, 2.05) is 5.38 Å². The molecule has 2 N–H and O–H groups in total. The zero-order valence-electron chi connectivity index (χ0n) is 15.7. The number of allylic oxidation sites excluding steroid dienone is 1. The van der Waals surface area contributed by atoms with Gasteiger partial charge in [0, 0.05) is 23.2 Å². The number of benzene rings is 1. The topological polar surface area (TPSA) is 75.6 Å². The second-order valence-corrected chi connectivity index (χ2v) is 8.52.